The van der Waals surface area contributed by atoms with Gasteiger partial charge in [0.15, 0.2) is 0 Å². The molecule has 0 radical (unpaired) electrons. The van der Waals surface area contributed by atoms with E-state index < -0.39 is 5.97 Å². The van der Waals surface area contributed by atoms with Crippen LogP contribution in [0.2, 0.25) is 0 Å². The van der Waals surface area contributed by atoms with Crippen LogP contribution in [-0.4, -0.2) is 40.6 Å². The minimum Gasteiger partial charge on any atom is -0.463 e. The molecule has 0 aliphatic heterocycles. The Bertz CT molecular complexity index is 322. The second kappa shape index (κ2) is 5.45. The fourth-order valence-electron chi connectivity index (χ4n) is 0.969. The molecule has 0 spiro atoms. The Morgan fingerprint density at radius 1 is 1.60 bits per heavy atom. The van der Waals surface area contributed by atoms with Crippen molar-refractivity contribution in [3.8, 4) is 0 Å². The molecule has 0 saturated heterocycles. The van der Waals surface area contributed by atoms with Gasteiger partial charge in [0, 0.05) is 0 Å². The average molecular weight is 213 g/mol. The third-order valence-corrected chi connectivity index (χ3v) is 1.68. The van der Waals surface area contributed by atoms with Crippen molar-refractivity contribution in [3.05, 3.63) is 12.2 Å². The molecule has 1 aromatic heterocycles. The highest BCUT2D eigenvalue weighted by Gasteiger charge is 2.10. The molecule has 84 valence electrons. The molecule has 0 amide bonds. The lowest BCUT2D eigenvalue weighted by Gasteiger charge is -2.06. The van der Waals surface area contributed by atoms with Crippen LogP contribution in [0.4, 0.5) is 0 Å². The second-order valence-corrected chi connectivity index (χ2v) is 3.24. The normalized spacial score (nSPS) is 10.7. The Hall–Kier alpha value is -1.43. The standard InChI is InChI=1S/C9H15N3O3/c1-7(2)15-5-4-12-6-10-8(11-12)9(13)14-3/h6-7H,4-5H2,1-3H3. The van der Waals surface area contributed by atoms with E-state index >= 15 is 0 Å². The first-order valence-electron chi connectivity index (χ1n) is 4.73. The Kier molecular flexibility index (Phi) is 4.23. The van der Waals surface area contributed by atoms with Gasteiger partial charge in [-0.15, -0.1) is 5.10 Å². The van der Waals surface area contributed by atoms with Crippen LogP contribution in [-0.2, 0) is 16.0 Å². The van der Waals surface area contributed by atoms with E-state index in [2.05, 4.69) is 14.8 Å². The largest absolute Gasteiger partial charge is 0.463 e. The molecule has 6 nitrogen and oxygen atoms in total. The van der Waals surface area contributed by atoms with E-state index in [-0.39, 0.29) is 11.9 Å². The molecular formula is C9H15N3O3. The van der Waals surface area contributed by atoms with Crippen molar-refractivity contribution < 1.29 is 14.3 Å². The minimum atomic E-state index is -0.529. The van der Waals surface area contributed by atoms with Gasteiger partial charge in [-0.1, -0.05) is 0 Å². The predicted molar refractivity (Wildman–Crippen MR) is 52.4 cm³/mol. The topological polar surface area (TPSA) is 66.2 Å². The third-order valence-electron chi connectivity index (χ3n) is 1.68. The maximum absolute atomic E-state index is 11.0. The number of esters is 1. The van der Waals surface area contributed by atoms with Gasteiger partial charge in [0.1, 0.15) is 6.33 Å². The van der Waals surface area contributed by atoms with Crippen molar-refractivity contribution in [3.63, 3.8) is 0 Å². The number of rotatable bonds is 5. The molecule has 0 aliphatic rings. The Labute approximate surface area is 88.2 Å². The summed E-state index contributed by atoms with van der Waals surface area (Å²) < 4.78 is 11.4. The Morgan fingerprint density at radius 3 is 2.93 bits per heavy atom. The summed E-state index contributed by atoms with van der Waals surface area (Å²) in [5.74, 6) is -0.458. The third kappa shape index (κ3) is 3.67. The first kappa shape index (κ1) is 11.6. The average Bonchev–Trinajstić information content (AvgIpc) is 2.65. The highest BCUT2D eigenvalue weighted by Crippen LogP contribution is 1.94. The van der Waals surface area contributed by atoms with Gasteiger partial charge in [-0.25, -0.2) is 14.5 Å². The first-order chi connectivity index (χ1) is 7.13. The molecule has 0 aliphatic carbocycles. The van der Waals surface area contributed by atoms with E-state index in [1.54, 1.807) is 4.68 Å². The van der Waals surface area contributed by atoms with Gasteiger partial charge >= 0.3 is 5.97 Å². The number of hydrogen-bond donors (Lipinski definition) is 0. The molecule has 0 fully saturated rings. The molecule has 1 rings (SSSR count). The SMILES string of the molecule is COC(=O)c1ncn(CCOC(C)C)n1. The van der Waals surface area contributed by atoms with Crippen LogP contribution in [0.1, 0.15) is 24.5 Å². The lowest BCUT2D eigenvalue weighted by molar-refractivity contribution is 0.0581. The van der Waals surface area contributed by atoms with Crippen LogP contribution >= 0.6 is 0 Å². The molecule has 1 aromatic rings. The van der Waals surface area contributed by atoms with Gasteiger partial charge < -0.3 is 9.47 Å². The van der Waals surface area contributed by atoms with Crippen LogP contribution in [0, 0.1) is 0 Å². The Balaban J connectivity index is 2.43. The molecule has 0 aromatic carbocycles. The fraction of sp³-hybridized carbons (Fsp3) is 0.667. The fourth-order valence-corrected chi connectivity index (χ4v) is 0.969. The van der Waals surface area contributed by atoms with Gasteiger partial charge in [-0.2, -0.15) is 0 Å². The van der Waals surface area contributed by atoms with E-state index in [0.717, 1.165) is 0 Å². The second-order valence-electron chi connectivity index (χ2n) is 3.24. The van der Waals surface area contributed by atoms with E-state index in [1.165, 1.54) is 13.4 Å². The van der Waals surface area contributed by atoms with Crippen molar-refractivity contribution in [1.82, 2.24) is 14.8 Å². The summed E-state index contributed by atoms with van der Waals surface area (Å²) in [6, 6.07) is 0. The molecule has 15 heavy (non-hydrogen) atoms. The van der Waals surface area contributed by atoms with Crippen molar-refractivity contribution in [2.24, 2.45) is 0 Å². The van der Waals surface area contributed by atoms with Crippen LogP contribution in [0.25, 0.3) is 0 Å². The van der Waals surface area contributed by atoms with E-state index in [4.69, 9.17) is 4.74 Å². The number of ether oxygens (including phenoxy) is 2. The monoisotopic (exact) mass is 213 g/mol. The molecule has 0 bridgehead atoms. The predicted octanol–water partition coefficient (Wildman–Crippen LogP) is 0.490. The summed E-state index contributed by atoms with van der Waals surface area (Å²) in [6.45, 7) is 5.03. The summed E-state index contributed by atoms with van der Waals surface area (Å²) in [5.41, 5.74) is 0. The quantitative estimate of drug-likeness (QED) is 0.666. The summed E-state index contributed by atoms with van der Waals surface area (Å²) in [5, 5.41) is 3.93. The van der Waals surface area contributed by atoms with Crippen LogP contribution in [0.3, 0.4) is 0 Å². The summed E-state index contributed by atoms with van der Waals surface area (Å²) in [7, 11) is 1.30. The number of hydrogen-bond acceptors (Lipinski definition) is 5. The zero-order valence-corrected chi connectivity index (χ0v) is 9.14. The van der Waals surface area contributed by atoms with E-state index in [0.29, 0.717) is 13.2 Å². The van der Waals surface area contributed by atoms with Crippen LogP contribution < -0.4 is 0 Å². The van der Waals surface area contributed by atoms with Crippen LogP contribution in [0.15, 0.2) is 6.33 Å². The highest BCUT2D eigenvalue weighted by atomic mass is 16.5. The van der Waals surface area contributed by atoms with E-state index in [9.17, 15) is 4.79 Å². The molecule has 1 heterocycles. The molecule has 0 atom stereocenters. The molecule has 6 heteroatoms. The first-order valence-corrected chi connectivity index (χ1v) is 4.73. The van der Waals surface area contributed by atoms with Crippen molar-refractivity contribution in [2.45, 2.75) is 26.5 Å². The lowest BCUT2D eigenvalue weighted by Crippen LogP contribution is -2.12. The van der Waals surface area contributed by atoms with Crippen molar-refractivity contribution in [2.75, 3.05) is 13.7 Å². The van der Waals surface area contributed by atoms with Gasteiger partial charge in [0.2, 0.25) is 0 Å². The number of nitrogens with zero attached hydrogens (tertiary/aromatic N) is 3. The highest BCUT2D eigenvalue weighted by molar-refractivity contribution is 5.84. The number of carbonyl (C=O) groups excluding carboxylic acids is 1. The minimum absolute atomic E-state index is 0.0713. The molecule has 0 unspecified atom stereocenters. The maximum atomic E-state index is 11.0. The zero-order valence-electron chi connectivity index (χ0n) is 9.14. The van der Waals surface area contributed by atoms with Crippen molar-refractivity contribution in [1.29, 1.82) is 0 Å². The smallest absolute Gasteiger partial charge is 0.377 e. The molecule has 0 N–H and O–H groups in total. The van der Waals surface area contributed by atoms with E-state index in [1.807, 2.05) is 13.8 Å². The number of carbonyl (C=O) groups is 1. The summed E-state index contributed by atoms with van der Waals surface area (Å²) in [6.07, 6.45) is 1.67. The summed E-state index contributed by atoms with van der Waals surface area (Å²) >= 11 is 0. The lowest BCUT2D eigenvalue weighted by atomic mass is 10.5. The van der Waals surface area contributed by atoms with Gasteiger partial charge in [0.25, 0.3) is 5.82 Å². The van der Waals surface area contributed by atoms with Crippen molar-refractivity contribution >= 4 is 5.97 Å². The van der Waals surface area contributed by atoms with Gasteiger partial charge in [-0.05, 0) is 13.8 Å². The van der Waals surface area contributed by atoms with Gasteiger partial charge in [-0.3, -0.25) is 0 Å². The number of aromatic nitrogens is 3. The van der Waals surface area contributed by atoms with Gasteiger partial charge in [0.05, 0.1) is 26.4 Å². The summed E-state index contributed by atoms with van der Waals surface area (Å²) in [4.78, 5) is 14.8. The van der Waals surface area contributed by atoms with Crippen LogP contribution in [0.5, 0.6) is 0 Å². The number of methoxy groups -OCH3 is 1. The maximum Gasteiger partial charge on any atom is 0.377 e. The molecular weight excluding hydrogens is 198 g/mol. The molecule has 0 saturated carbocycles. The Morgan fingerprint density at radius 2 is 2.33 bits per heavy atom. The zero-order chi connectivity index (χ0) is 11.3.